The van der Waals surface area contributed by atoms with Crippen molar-refractivity contribution in [2.75, 3.05) is 13.2 Å². The molecule has 1 amide bonds. The molecule has 2 heterocycles. The molecule has 4 rings (SSSR count). The minimum atomic E-state index is -0.614. The molecule has 0 saturated heterocycles. The molecule has 1 unspecified atom stereocenters. The molecule has 0 saturated carbocycles. The van der Waals surface area contributed by atoms with Crippen molar-refractivity contribution in [1.29, 1.82) is 0 Å². The minimum Gasteiger partial charge on any atom is -0.490 e. The predicted octanol–water partition coefficient (Wildman–Crippen LogP) is 4.58. The molecule has 0 radical (unpaired) electrons. The van der Waals surface area contributed by atoms with E-state index in [4.69, 9.17) is 13.9 Å². The van der Waals surface area contributed by atoms with Crippen LogP contribution < -0.4 is 20.2 Å². The molecule has 29 heavy (non-hydrogen) atoms. The van der Waals surface area contributed by atoms with Gasteiger partial charge in [0, 0.05) is 4.47 Å². The van der Waals surface area contributed by atoms with Crippen LogP contribution in [0.25, 0.3) is 11.0 Å². The molecule has 150 valence electrons. The largest absolute Gasteiger partial charge is 0.490 e. The highest BCUT2D eigenvalue weighted by Crippen LogP contribution is 2.36. The summed E-state index contributed by atoms with van der Waals surface area (Å²) in [4.78, 5) is 25.7. The maximum Gasteiger partial charge on any atom is 0.288 e. The summed E-state index contributed by atoms with van der Waals surface area (Å²) in [7, 11) is 0. The number of ether oxygens (including phenoxy) is 2. The van der Waals surface area contributed by atoms with Crippen LogP contribution in [0.2, 0.25) is 0 Å². The quantitative estimate of drug-likeness (QED) is 0.586. The Labute approximate surface area is 175 Å². The van der Waals surface area contributed by atoms with Crippen LogP contribution in [0.1, 0.15) is 48.0 Å². The number of carbonyl (C=O) groups is 1. The summed E-state index contributed by atoms with van der Waals surface area (Å²) in [6.07, 6.45) is 0.878. The number of nitrogens with one attached hydrogen (secondary N) is 1. The second kappa shape index (κ2) is 7.91. The Morgan fingerprint density at radius 1 is 1.07 bits per heavy atom. The second-order valence-corrected chi connectivity index (χ2v) is 7.62. The summed E-state index contributed by atoms with van der Waals surface area (Å²) in [5.74, 6) is 0.862. The Morgan fingerprint density at radius 2 is 1.90 bits per heavy atom. The van der Waals surface area contributed by atoms with Gasteiger partial charge in [-0.05, 0) is 49.2 Å². The molecule has 0 spiro atoms. The summed E-state index contributed by atoms with van der Waals surface area (Å²) in [5.41, 5.74) is 1.19. The van der Waals surface area contributed by atoms with Gasteiger partial charge in [-0.2, -0.15) is 0 Å². The fraction of sp³-hybridized carbons (Fsp3) is 0.273. The van der Waals surface area contributed by atoms with E-state index in [1.165, 1.54) is 0 Å². The summed E-state index contributed by atoms with van der Waals surface area (Å²) < 4.78 is 18.0. The van der Waals surface area contributed by atoms with Gasteiger partial charge in [0.05, 0.1) is 30.2 Å². The summed E-state index contributed by atoms with van der Waals surface area (Å²) in [6, 6.07) is 9.97. The van der Waals surface area contributed by atoms with E-state index >= 15 is 0 Å². The van der Waals surface area contributed by atoms with Gasteiger partial charge in [0.1, 0.15) is 5.58 Å². The molecule has 0 aliphatic carbocycles. The first-order valence-electron chi connectivity index (χ1n) is 9.50. The highest BCUT2D eigenvalue weighted by Gasteiger charge is 2.36. The third kappa shape index (κ3) is 3.51. The number of halogens is 1. The van der Waals surface area contributed by atoms with Crippen molar-refractivity contribution < 1.29 is 18.7 Å². The van der Waals surface area contributed by atoms with E-state index in [-0.39, 0.29) is 11.2 Å². The zero-order chi connectivity index (χ0) is 20.5. The number of fused-ring (bicyclic) bond motifs is 2. The topological polar surface area (TPSA) is 77.8 Å². The van der Waals surface area contributed by atoms with Crippen LogP contribution in [-0.4, -0.2) is 19.1 Å². The number of benzene rings is 2. The maximum atomic E-state index is 13.2. The van der Waals surface area contributed by atoms with Gasteiger partial charge in [-0.15, -0.1) is 0 Å². The first-order chi connectivity index (χ1) is 14.0. The first kappa shape index (κ1) is 19.5. The van der Waals surface area contributed by atoms with E-state index in [1.807, 2.05) is 19.9 Å². The maximum absolute atomic E-state index is 13.2. The van der Waals surface area contributed by atoms with Crippen molar-refractivity contribution in [3.63, 3.8) is 0 Å². The second-order valence-electron chi connectivity index (χ2n) is 6.71. The third-order valence-corrected chi connectivity index (χ3v) is 5.21. The Kier molecular flexibility index (Phi) is 5.32. The number of amides is 1. The minimum absolute atomic E-state index is 0.0547. The van der Waals surface area contributed by atoms with Gasteiger partial charge in [-0.1, -0.05) is 28.9 Å². The van der Waals surface area contributed by atoms with Gasteiger partial charge in [0.2, 0.25) is 5.76 Å². The van der Waals surface area contributed by atoms with Gasteiger partial charge in [-0.3, -0.25) is 9.59 Å². The average Bonchev–Trinajstić information content (AvgIpc) is 3.05. The fourth-order valence-corrected chi connectivity index (χ4v) is 3.80. The number of carbonyl (C=O) groups excluding carboxylic acids is 1. The lowest BCUT2D eigenvalue weighted by atomic mass is 9.99. The lowest BCUT2D eigenvalue weighted by Gasteiger charge is -2.16. The molecular formula is C22H20BrNO5. The van der Waals surface area contributed by atoms with Crippen molar-refractivity contribution >= 4 is 32.8 Å². The molecular weight excluding hydrogens is 438 g/mol. The van der Waals surface area contributed by atoms with Crippen LogP contribution in [0.3, 0.4) is 0 Å². The van der Waals surface area contributed by atoms with Crippen molar-refractivity contribution in [1.82, 2.24) is 5.32 Å². The van der Waals surface area contributed by atoms with Crippen molar-refractivity contribution in [2.24, 2.45) is 0 Å². The van der Waals surface area contributed by atoms with Crippen molar-refractivity contribution in [2.45, 2.75) is 26.3 Å². The van der Waals surface area contributed by atoms with E-state index in [0.717, 1.165) is 16.5 Å². The SMILES string of the molecule is CCCOc1ccc(C2NC(=O)c3oc4ccc(Br)cc4c(=O)c32)cc1OCC. The Balaban J connectivity index is 1.83. The number of hydrogen-bond donors (Lipinski definition) is 1. The predicted molar refractivity (Wildman–Crippen MR) is 113 cm³/mol. The van der Waals surface area contributed by atoms with Gasteiger partial charge in [0.25, 0.3) is 5.91 Å². The van der Waals surface area contributed by atoms with Gasteiger partial charge < -0.3 is 19.2 Å². The lowest BCUT2D eigenvalue weighted by molar-refractivity contribution is 0.0938. The zero-order valence-electron chi connectivity index (χ0n) is 16.1. The normalized spacial score (nSPS) is 15.3. The standard InChI is InChI=1S/C22H20BrNO5/c1-3-9-28-16-7-5-12(10-17(16)27-4-2)19-18-20(25)14-11-13(23)6-8-15(14)29-21(18)22(26)24-19/h5-8,10-11,19H,3-4,9H2,1-2H3,(H,24,26). The van der Waals surface area contributed by atoms with E-state index in [9.17, 15) is 9.59 Å². The molecule has 2 aromatic carbocycles. The number of hydrogen-bond acceptors (Lipinski definition) is 5. The van der Waals surface area contributed by atoms with E-state index in [2.05, 4.69) is 21.2 Å². The molecule has 1 aliphatic heterocycles. The van der Waals surface area contributed by atoms with Crippen LogP contribution in [0.15, 0.2) is 50.1 Å². The van der Waals surface area contributed by atoms with Crippen LogP contribution in [0, 0.1) is 0 Å². The van der Waals surface area contributed by atoms with Crippen LogP contribution >= 0.6 is 15.9 Å². The molecule has 0 fully saturated rings. The molecule has 3 aromatic rings. The van der Waals surface area contributed by atoms with Crippen molar-refractivity contribution in [3.8, 4) is 11.5 Å². The lowest BCUT2D eigenvalue weighted by Crippen LogP contribution is -2.22. The van der Waals surface area contributed by atoms with E-state index in [1.54, 1.807) is 30.3 Å². The van der Waals surface area contributed by atoms with Crippen LogP contribution in [0.5, 0.6) is 11.5 Å². The van der Waals surface area contributed by atoms with Gasteiger partial charge >= 0.3 is 0 Å². The first-order valence-corrected chi connectivity index (χ1v) is 10.3. The zero-order valence-corrected chi connectivity index (χ0v) is 17.7. The summed E-state index contributed by atoms with van der Waals surface area (Å²) in [6.45, 7) is 4.97. The summed E-state index contributed by atoms with van der Waals surface area (Å²) >= 11 is 3.38. The van der Waals surface area contributed by atoms with E-state index in [0.29, 0.717) is 41.2 Å². The average molecular weight is 458 g/mol. The molecule has 0 bridgehead atoms. The Morgan fingerprint density at radius 3 is 2.66 bits per heavy atom. The number of rotatable bonds is 6. The Hall–Kier alpha value is -2.80. The Bertz CT molecular complexity index is 1150. The van der Waals surface area contributed by atoms with Crippen LogP contribution in [0.4, 0.5) is 0 Å². The molecule has 1 aliphatic rings. The highest BCUT2D eigenvalue weighted by atomic mass is 79.9. The smallest absolute Gasteiger partial charge is 0.288 e. The van der Waals surface area contributed by atoms with Crippen molar-refractivity contribution in [3.05, 3.63) is 68.0 Å². The van der Waals surface area contributed by atoms with Crippen LogP contribution in [-0.2, 0) is 0 Å². The van der Waals surface area contributed by atoms with Gasteiger partial charge in [0.15, 0.2) is 16.9 Å². The van der Waals surface area contributed by atoms with E-state index < -0.39 is 11.9 Å². The summed E-state index contributed by atoms with van der Waals surface area (Å²) in [5, 5.41) is 3.28. The fourth-order valence-electron chi connectivity index (χ4n) is 3.44. The highest BCUT2D eigenvalue weighted by molar-refractivity contribution is 9.10. The van der Waals surface area contributed by atoms with Gasteiger partial charge in [-0.25, -0.2) is 0 Å². The molecule has 6 nitrogen and oxygen atoms in total. The molecule has 1 N–H and O–H groups in total. The molecule has 7 heteroatoms. The molecule has 1 atom stereocenters. The monoisotopic (exact) mass is 457 g/mol. The molecule has 1 aromatic heterocycles. The third-order valence-electron chi connectivity index (χ3n) is 4.72.